The highest BCUT2D eigenvalue weighted by Gasteiger charge is 2.13. The highest BCUT2D eigenvalue weighted by molar-refractivity contribution is 6.42. The van der Waals surface area contributed by atoms with E-state index < -0.39 is 5.56 Å². The maximum atomic E-state index is 12.0. The number of aromatic nitrogens is 3. The average Bonchev–Trinajstić information content (AvgIpc) is 2.39. The Balaban J connectivity index is 2.37. The van der Waals surface area contributed by atoms with E-state index in [4.69, 9.17) is 29.0 Å². The Hall–Kier alpha value is -1.79. The van der Waals surface area contributed by atoms with Crippen molar-refractivity contribution >= 4 is 34.8 Å². The average molecular weight is 314 g/mol. The van der Waals surface area contributed by atoms with E-state index in [1.807, 2.05) is 13.8 Å². The fourth-order valence-electron chi connectivity index (χ4n) is 1.56. The summed E-state index contributed by atoms with van der Waals surface area (Å²) < 4.78 is 0.921. The number of hydrogen-bond donors (Lipinski definition) is 2. The minimum Gasteiger partial charge on any atom is -0.333 e. The van der Waals surface area contributed by atoms with E-state index in [1.54, 1.807) is 18.2 Å². The fourth-order valence-corrected chi connectivity index (χ4v) is 1.86. The first-order chi connectivity index (χ1) is 9.40. The lowest BCUT2D eigenvalue weighted by atomic mass is 10.1. The molecule has 8 heteroatoms. The Bertz CT molecular complexity index is 699. The van der Waals surface area contributed by atoms with Gasteiger partial charge in [0.25, 0.3) is 5.56 Å². The number of nitrogens with one attached hydrogen (secondary N) is 1. The minimum atomic E-state index is -0.391. The van der Waals surface area contributed by atoms with Crippen LogP contribution in [-0.2, 0) is 0 Å². The van der Waals surface area contributed by atoms with Gasteiger partial charge in [-0.15, -0.1) is 10.2 Å². The lowest BCUT2D eigenvalue weighted by Gasteiger charge is -2.11. The lowest BCUT2D eigenvalue weighted by Crippen LogP contribution is -2.34. The van der Waals surface area contributed by atoms with E-state index in [0.29, 0.717) is 21.4 Å². The Labute approximate surface area is 125 Å². The predicted octanol–water partition coefficient (Wildman–Crippen LogP) is 2.53. The molecule has 106 valence electrons. The predicted molar refractivity (Wildman–Crippen MR) is 80.3 cm³/mol. The Kier molecular flexibility index (Phi) is 4.15. The number of nitrogens with two attached hydrogens (primary N) is 1. The van der Waals surface area contributed by atoms with Crippen LogP contribution >= 0.6 is 23.2 Å². The van der Waals surface area contributed by atoms with Crippen LogP contribution in [0.4, 0.5) is 11.6 Å². The largest absolute Gasteiger partial charge is 0.333 e. The van der Waals surface area contributed by atoms with Crippen molar-refractivity contribution in [2.75, 3.05) is 11.2 Å². The summed E-state index contributed by atoms with van der Waals surface area (Å²) in [7, 11) is 0. The summed E-state index contributed by atoms with van der Waals surface area (Å²) in [6.07, 6.45) is 0. The molecule has 0 aliphatic heterocycles. The second kappa shape index (κ2) is 5.68. The second-order valence-corrected chi connectivity index (χ2v) is 5.31. The number of anilines is 2. The van der Waals surface area contributed by atoms with Crippen molar-refractivity contribution in [3.63, 3.8) is 0 Å². The zero-order valence-electron chi connectivity index (χ0n) is 10.9. The van der Waals surface area contributed by atoms with Crippen LogP contribution in [0.15, 0.2) is 23.0 Å². The van der Waals surface area contributed by atoms with Gasteiger partial charge in [-0.05, 0) is 18.2 Å². The van der Waals surface area contributed by atoms with E-state index in [0.717, 1.165) is 4.68 Å². The first-order valence-electron chi connectivity index (χ1n) is 5.87. The molecule has 0 unspecified atom stereocenters. The monoisotopic (exact) mass is 313 g/mol. The van der Waals surface area contributed by atoms with Gasteiger partial charge in [-0.3, -0.25) is 4.79 Å². The van der Waals surface area contributed by atoms with Gasteiger partial charge in [0.2, 0.25) is 5.95 Å². The van der Waals surface area contributed by atoms with Gasteiger partial charge in [0, 0.05) is 11.6 Å². The normalized spacial score (nSPS) is 10.8. The van der Waals surface area contributed by atoms with Crippen LogP contribution < -0.4 is 16.7 Å². The number of hydrogen-bond acceptors (Lipinski definition) is 5. The molecule has 0 amide bonds. The van der Waals surface area contributed by atoms with Gasteiger partial charge >= 0.3 is 0 Å². The van der Waals surface area contributed by atoms with E-state index in [1.165, 1.54) is 0 Å². The van der Waals surface area contributed by atoms with Crippen LogP contribution in [0.5, 0.6) is 0 Å². The molecule has 1 aromatic heterocycles. The number of nitrogen functional groups attached to an aromatic ring is 1. The quantitative estimate of drug-likeness (QED) is 0.850. The maximum absolute atomic E-state index is 12.0. The third kappa shape index (κ3) is 2.86. The number of nitrogens with zero attached hydrogens (tertiary/aromatic N) is 3. The zero-order valence-corrected chi connectivity index (χ0v) is 12.4. The highest BCUT2D eigenvalue weighted by atomic mass is 35.5. The van der Waals surface area contributed by atoms with Crippen molar-refractivity contribution in [2.45, 2.75) is 19.8 Å². The first kappa shape index (κ1) is 14.6. The van der Waals surface area contributed by atoms with Gasteiger partial charge < -0.3 is 11.2 Å². The highest BCUT2D eigenvalue weighted by Crippen LogP contribution is 2.26. The van der Waals surface area contributed by atoms with E-state index in [-0.39, 0.29) is 11.9 Å². The van der Waals surface area contributed by atoms with Crippen molar-refractivity contribution in [1.82, 2.24) is 14.9 Å². The fraction of sp³-hybridized carbons (Fsp3) is 0.250. The van der Waals surface area contributed by atoms with Crippen LogP contribution in [0.25, 0.3) is 0 Å². The Morgan fingerprint density at radius 2 is 1.95 bits per heavy atom. The summed E-state index contributed by atoms with van der Waals surface area (Å²) >= 11 is 11.7. The third-order valence-electron chi connectivity index (χ3n) is 2.64. The molecule has 3 N–H and O–H groups in total. The molecule has 1 aromatic carbocycles. The van der Waals surface area contributed by atoms with Crippen LogP contribution in [0.1, 0.15) is 25.5 Å². The van der Waals surface area contributed by atoms with Crippen molar-refractivity contribution in [3.05, 3.63) is 44.3 Å². The molecule has 0 radical (unpaired) electrons. The molecular weight excluding hydrogens is 301 g/mol. The second-order valence-electron chi connectivity index (χ2n) is 4.49. The molecular formula is C12H13Cl2N5O. The van der Waals surface area contributed by atoms with Crippen molar-refractivity contribution in [3.8, 4) is 0 Å². The molecule has 0 saturated heterocycles. The topological polar surface area (TPSA) is 85.8 Å². The van der Waals surface area contributed by atoms with Crippen LogP contribution in [-0.4, -0.2) is 14.9 Å². The van der Waals surface area contributed by atoms with E-state index in [2.05, 4.69) is 15.5 Å². The number of halogens is 2. The standard InChI is InChI=1S/C12H13Cl2N5O/c1-6(2)10-11(20)19(15)12(18-17-10)16-7-3-4-8(13)9(14)5-7/h3-6H,15H2,1-2H3,(H,16,18). The maximum Gasteiger partial charge on any atom is 0.295 e. The Morgan fingerprint density at radius 3 is 2.55 bits per heavy atom. The van der Waals surface area contributed by atoms with Gasteiger partial charge in [-0.25, -0.2) is 0 Å². The molecule has 0 aliphatic rings. The summed E-state index contributed by atoms with van der Waals surface area (Å²) in [6.45, 7) is 3.69. The molecule has 1 heterocycles. The van der Waals surface area contributed by atoms with Gasteiger partial charge in [0.1, 0.15) is 5.69 Å². The summed E-state index contributed by atoms with van der Waals surface area (Å²) in [6, 6.07) is 4.92. The molecule has 0 saturated carbocycles. The molecule has 0 aliphatic carbocycles. The summed E-state index contributed by atoms with van der Waals surface area (Å²) in [5, 5.41) is 11.5. The van der Waals surface area contributed by atoms with E-state index in [9.17, 15) is 4.79 Å². The van der Waals surface area contributed by atoms with Crippen molar-refractivity contribution < 1.29 is 0 Å². The van der Waals surface area contributed by atoms with Gasteiger partial charge in [-0.1, -0.05) is 37.0 Å². The summed E-state index contributed by atoms with van der Waals surface area (Å²) in [5.74, 6) is 5.79. The molecule has 0 fully saturated rings. The van der Waals surface area contributed by atoms with Gasteiger partial charge in [-0.2, -0.15) is 4.68 Å². The lowest BCUT2D eigenvalue weighted by molar-refractivity contribution is 0.716. The van der Waals surface area contributed by atoms with Gasteiger partial charge in [0.05, 0.1) is 10.0 Å². The molecule has 6 nitrogen and oxygen atoms in total. The van der Waals surface area contributed by atoms with Crippen molar-refractivity contribution in [2.24, 2.45) is 0 Å². The molecule has 20 heavy (non-hydrogen) atoms. The summed E-state index contributed by atoms with van der Waals surface area (Å²) in [4.78, 5) is 12.0. The molecule has 0 atom stereocenters. The number of benzene rings is 1. The third-order valence-corrected chi connectivity index (χ3v) is 3.38. The molecule has 0 bridgehead atoms. The van der Waals surface area contributed by atoms with Crippen LogP contribution in [0, 0.1) is 0 Å². The molecule has 2 rings (SSSR count). The summed E-state index contributed by atoms with van der Waals surface area (Å²) in [5.41, 5.74) is 0.523. The van der Waals surface area contributed by atoms with Crippen LogP contribution in [0.2, 0.25) is 10.0 Å². The number of rotatable bonds is 3. The first-order valence-corrected chi connectivity index (χ1v) is 6.62. The molecule has 2 aromatic rings. The van der Waals surface area contributed by atoms with E-state index >= 15 is 0 Å². The Morgan fingerprint density at radius 1 is 1.25 bits per heavy atom. The SMILES string of the molecule is CC(C)c1nnc(Nc2ccc(Cl)c(Cl)c2)n(N)c1=O. The smallest absolute Gasteiger partial charge is 0.295 e. The van der Waals surface area contributed by atoms with Crippen LogP contribution in [0.3, 0.4) is 0 Å². The minimum absolute atomic E-state index is 0.0520. The van der Waals surface area contributed by atoms with Crippen molar-refractivity contribution in [1.29, 1.82) is 0 Å². The zero-order chi connectivity index (χ0) is 14.9. The van der Waals surface area contributed by atoms with Gasteiger partial charge in [0.15, 0.2) is 0 Å². The molecule has 0 spiro atoms.